The lowest BCUT2D eigenvalue weighted by atomic mass is 9.83. The average molecular weight is 608 g/mol. The molecule has 5 rings (SSSR count). The van der Waals surface area contributed by atoms with E-state index in [1.54, 1.807) is 20.1 Å². The van der Waals surface area contributed by atoms with Crippen molar-refractivity contribution in [3.8, 4) is 5.69 Å². The fourth-order valence-corrected chi connectivity index (χ4v) is 5.47. The summed E-state index contributed by atoms with van der Waals surface area (Å²) < 4.78 is 66.0. The number of carbonyl (C=O) groups excluding carboxylic acids is 1. The lowest BCUT2D eigenvalue weighted by Crippen LogP contribution is -2.22. The van der Waals surface area contributed by atoms with E-state index in [9.17, 15) is 18.0 Å². The summed E-state index contributed by atoms with van der Waals surface area (Å²) in [5, 5.41) is 11.8. The molecule has 224 valence electrons. The van der Waals surface area contributed by atoms with E-state index in [-0.39, 0.29) is 61.6 Å². The van der Waals surface area contributed by atoms with Crippen LogP contribution in [0.15, 0.2) is 46.2 Å². The first-order valence-electron chi connectivity index (χ1n) is 13.5. The zero-order valence-electron chi connectivity index (χ0n) is 23.2. The van der Waals surface area contributed by atoms with Crippen molar-refractivity contribution in [2.75, 3.05) is 13.7 Å². The van der Waals surface area contributed by atoms with E-state index in [0.717, 1.165) is 10.1 Å². The summed E-state index contributed by atoms with van der Waals surface area (Å²) in [6, 6.07) is 4.69. The van der Waals surface area contributed by atoms with Crippen molar-refractivity contribution in [3.05, 3.63) is 75.6 Å². The summed E-state index contributed by atoms with van der Waals surface area (Å²) in [4.78, 5) is 16.0. The first-order chi connectivity index (χ1) is 20.1. The van der Waals surface area contributed by atoms with Gasteiger partial charge >= 0.3 is 12.1 Å². The lowest BCUT2D eigenvalue weighted by Gasteiger charge is -2.32. The van der Waals surface area contributed by atoms with E-state index in [1.165, 1.54) is 12.1 Å². The molecule has 14 heteroatoms. The molecule has 0 spiro atoms. The average Bonchev–Trinajstić information content (AvgIpc) is 3.58. The minimum Gasteiger partial charge on any atom is -0.497 e. The van der Waals surface area contributed by atoms with Crippen molar-refractivity contribution in [1.29, 1.82) is 0 Å². The molecule has 0 saturated heterocycles. The highest BCUT2D eigenvalue weighted by Gasteiger charge is 2.44. The second-order valence-electron chi connectivity index (χ2n) is 9.91. The number of carbonyl (C=O) groups is 1. The van der Waals surface area contributed by atoms with Gasteiger partial charge in [-0.3, -0.25) is 9.36 Å². The Bertz CT molecular complexity index is 1520. The van der Waals surface area contributed by atoms with E-state index in [1.807, 2.05) is 19.1 Å². The van der Waals surface area contributed by atoms with Crippen LogP contribution in [-0.4, -0.2) is 44.6 Å². The van der Waals surface area contributed by atoms with Crippen molar-refractivity contribution in [1.82, 2.24) is 24.9 Å². The van der Waals surface area contributed by atoms with Gasteiger partial charge in [-0.15, -0.1) is 10.2 Å². The van der Waals surface area contributed by atoms with Crippen molar-refractivity contribution in [2.45, 2.75) is 64.3 Å². The fraction of sp³-hybridized carbons (Fsp3) is 0.464. The molecule has 1 aliphatic heterocycles. The van der Waals surface area contributed by atoms with Crippen LogP contribution in [0, 0.1) is 5.92 Å². The zero-order valence-corrected chi connectivity index (χ0v) is 23.9. The standard InChI is InChI=1S/C28H29ClF3N5O5/c1-4-40-24(38)13-12-23-33-22(36-42-23)11-10-21-26-34-35-27(28(30,31)32)37(26)19-9-8-16(29)14-18(19)25(41-21)17-6-5-7-20(39-3)15(17)2/h5,7-9,14,17,21,25H,4,6,10-13H2,1-3H3/t17?,21-,25-/m1/s1. The monoisotopic (exact) mass is 607 g/mol. The first-order valence-corrected chi connectivity index (χ1v) is 13.8. The Kier molecular flexibility index (Phi) is 8.69. The summed E-state index contributed by atoms with van der Waals surface area (Å²) >= 11 is 6.38. The minimum absolute atomic E-state index is 0.000578. The molecule has 1 unspecified atom stereocenters. The van der Waals surface area contributed by atoms with Gasteiger partial charge in [0.1, 0.15) is 11.9 Å². The van der Waals surface area contributed by atoms with Crippen molar-refractivity contribution >= 4 is 17.6 Å². The Hall–Kier alpha value is -3.71. The van der Waals surface area contributed by atoms with Crippen LogP contribution in [0.3, 0.4) is 0 Å². The van der Waals surface area contributed by atoms with E-state index in [2.05, 4.69) is 20.3 Å². The Morgan fingerprint density at radius 3 is 2.79 bits per heavy atom. The minimum atomic E-state index is -4.78. The van der Waals surface area contributed by atoms with Crippen molar-refractivity contribution in [3.63, 3.8) is 0 Å². The van der Waals surface area contributed by atoms with Gasteiger partial charge in [-0.05, 0) is 56.5 Å². The maximum Gasteiger partial charge on any atom is 0.452 e. The van der Waals surface area contributed by atoms with Crippen LogP contribution >= 0.6 is 11.6 Å². The van der Waals surface area contributed by atoms with Crippen molar-refractivity contribution < 1.29 is 36.7 Å². The molecule has 0 saturated carbocycles. The number of fused-ring (bicyclic) bond motifs is 3. The Morgan fingerprint density at radius 2 is 2.05 bits per heavy atom. The van der Waals surface area contributed by atoms with Crippen LogP contribution in [0.2, 0.25) is 5.02 Å². The Balaban J connectivity index is 1.50. The smallest absolute Gasteiger partial charge is 0.452 e. The molecule has 0 N–H and O–H groups in total. The van der Waals surface area contributed by atoms with Crippen LogP contribution in [0.25, 0.3) is 5.69 Å². The molecule has 1 aliphatic carbocycles. The highest BCUT2D eigenvalue weighted by molar-refractivity contribution is 6.30. The summed E-state index contributed by atoms with van der Waals surface area (Å²) in [6.45, 7) is 3.90. The van der Waals surface area contributed by atoms with Gasteiger partial charge in [0.15, 0.2) is 11.6 Å². The summed E-state index contributed by atoms with van der Waals surface area (Å²) in [6.07, 6.45) is -1.34. The second kappa shape index (κ2) is 12.3. The summed E-state index contributed by atoms with van der Waals surface area (Å²) in [5.74, 6) is -0.562. The van der Waals surface area contributed by atoms with Gasteiger partial charge in [-0.25, -0.2) is 0 Å². The van der Waals surface area contributed by atoms with Gasteiger partial charge < -0.3 is 18.7 Å². The van der Waals surface area contributed by atoms with Gasteiger partial charge in [0.25, 0.3) is 0 Å². The van der Waals surface area contributed by atoms with Crippen LogP contribution in [-0.2, 0) is 38.0 Å². The molecule has 1 aromatic carbocycles. The van der Waals surface area contributed by atoms with Crippen LogP contribution in [0.1, 0.15) is 74.2 Å². The van der Waals surface area contributed by atoms with Crippen molar-refractivity contribution in [2.24, 2.45) is 5.92 Å². The fourth-order valence-electron chi connectivity index (χ4n) is 5.29. The van der Waals surface area contributed by atoms with Gasteiger partial charge in [-0.2, -0.15) is 18.2 Å². The molecule has 3 heterocycles. The SMILES string of the molecule is CCOC(=O)CCc1nc(CC[C@H]2O[C@H](C3CC=CC(OC)=C3C)c3cc(Cl)ccc3-n3c2nnc3C(F)(F)F)no1. The molecular weight excluding hydrogens is 579 g/mol. The molecule has 0 amide bonds. The number of nitrogens with zero attached hydrogens (tertiary/aromatic N) is 5. The van der Waals surface area contributed by atoms with Gasteiger partial charge in [0.05, 0.1) is 31.9 Å². The van der Waals surface area contributed by atoms with E-state index in [4.69, 9.17) is 30.3 Å². The zero-order chi connectivity index (χ0) is 30.0. The van der Waals surface area contributed by atoms with E-state index in [0.29, 0.717) is 28.6 Å². The molecular formula is C28H29ClF3N5O5. The number of benzene rings is 1. The number of aryl methyl sites for hydroxylation is 2. The Labute approximate surface area is 244 Å². The molecule has 2 aromatic heterocycles. The van der Waals surface area contributed by atoms with Gasteiger partial charge in [-0.1, -0.05) is 22.8 Å². The number of aromatic nitrogens is 5. The topological polar surface area (TPSA) is 114 Å². The van der Waals surface area contributed by atoms with Gasteiger partial charge in [0, 0.05) is 29.3 Å². The summed E-state index contributed by atoms with van der Waals surface area (Å²) in [7, 11) is 1.57. The van der Waals surface area contributed by atoms with E-state index < -0.39 is 24.2 Å². The summed E-state index contributed by atoms with van der Waals surface area (Å²) in [5.41, 5.74) is 1.61. The molecule has 2 aliphatic rings. The maximum atomic E-state index is 14.2. The molecule has 42 heavy (non-hydrogen) atoms. The number of hydrogen-bond donors (Lipinski definition) is 0. The molecule has 0 radical (unpaired) electrons. The molecule has 0 bridgehead atoms. The predicted octanol–water partition coefficient (Wildman–Crippen LogP) is 6.06. The second-order valence-corrected chi connectivity index (χ2v) is 10.3. The maximum absolute atomic E-state index is 14.2. The molecule has 0 fully saturated rings. The number of allylic oxidation sites excluding steroid dienone is 2. The predicted molar refractivity (Wildman–Crippen MR) is 142 cm³/mol. The van der Waals surface area contributed by atoms with E-state index >= 15 is 0 Å². The number of hydrogen-bond acceptors (Lipinski definition) is 9. The van der Waals surface area contributed by atoms with Crippen LogP contribution in [0.5, 0.6) is 0 Å². The largest absolute Gasteiger partial charge is 0.497 e. The Morgan fingerprint density at radius 1 is 1.24 bits per heavy atom. The number of methoxy groups -OCH3 is 1. The third-order valence-corrected chi connectivity index (χ3v) is 7.49. The third kappa shape index (κ3) is 6.07. The molecule has 3 atom stereocenters. The van der Waals surface area contributed by atoms with Gasteiger partial charge in [0.2, 0.25) is 11.7 Å². The number of halogens is 4. The van der Waals surface area contributed by atoms with Crippen LogP contribution in [0.4, 0.5) is 13.2 Å². The normalized spacial score (nSPS) is 20.2. The highest BCUT2D eigenvalue weighted by Crippen LogP contribution is 2.47. The third-order valence-electron chi connectivity index (χ3n) is 7.26. The first kappa shape index (κ1) is 29.8. The number of esters is 1. The number of alkyl halides is 3. The van der Waals surface area contributed by atoms with Crippen LogP contribution < -0.4 is 0 Å². The lowest BCUT2D eigenvalue weighted by molar-refractivity contribution is -0.146. The highest BCUT2D eigenvalue weighted by atomic mass is 35.5. The molecule has 10 nitrogen and oxygen atoms in total. The number of rotatable bonds is 9. The molecule has 3 aromatic rings. The number of ether oxygens (including phenoxy) is 3. The quantitative estimate of drug-likeness (QED) is 0.268.